The average molecular weight is 562 g/mol. The summed E-state index contributed by atoms with van der Waals surface area (Å²) in [6.07, 6.45) is 1.31. The van der Waals surface area contributed by atoms with Crippen molar-refractivity contribution in [3.8, 4) is 0 Å². The Morgan fingerprint density at radius 1 is 1.05 bits per heavy atom. The normalized spacial score (nSPS) is 13.0. The number of aryl methyl sites for hydroxylation is 1. The molecule has 40 heavy (non-hydrogen) atoms. The number of fused-ring (bicyclic) bond motifs is 1. The summed E-state index contributed by atoms with van der Waals surface area (Å²) in [4.78, 5) is 47.9. The number of aliphatic carboxylic acids is 1. The Balaban J connectivity index is 1.49. The Hall–Kier alpha value is -4.22. The van der Waals surface area contributed by atoms with Crippen molar-refractivity contribution in [1.82, 2.24) is 19.7 Å². The van der Waals surface area contributed by atoms with Crippen molar-refractivity contribution in [2.24, 2.45) is 0 Å². The van der Waals surface area contributed by atoms with E-state index < -0.39 is 29.6 Å². The zero-order valence-corrected chi connectivity index (χ0v) is 23.7. The van der Waals surface area contributed by atoms with Crippen LogP contribution < -0.4 is 10.6 Å². The van der Waals surface area contributed by atoms with Crippen LogP contribution in [-0.2, 0) is 16.0 Å². The molecule has 3 N–H and O–H groups in total. The molecule has 11 heteroatoms. The predicted octanol–water partition coefficient (Wildman–Crippen LogP) is 4.62. The van der Waals surface area contributed by atoms with Gasteiger partial charge in [-0.1, -0.05) is 18.2 Å². The average Bonchev–Trinajstić information content (AvgIpc) is 3.25. The van der Waals surface area contributed by atoms with Crippen LogP contribution in [0.2, 0.25) is 0 Å². The van der Waals surface area contributed by atoms with Crippen LogP contribution in [0.25, 0.3) is 11.0 Å². The standard InChI is InChI=1S/C29H31N5O5S/c1-16-24(23(40-34-16)14-20-15-30-21-11-6-7-12-22(21)31-20)27(36)32-19-10-8-9-18(13-19)26(35)33-25(28(37)38)17(2)39-29(3,4)5/h6-13,15,17,25H,14H2,1-5H3,(H,32,36)(H,33,35)(H,37,38). The first-order valence-electron chi connectivity index (χ1n) is 12.7. The number of ether oxygens (including phenoxy) is 1. The second-order valence-electron chi connectivity index (χ2n) is 10.4. The molecule has 2 unspecified atom stereocenters. The lowest BCUT2D eigenvalue weighted by Gasteiger charge is -2.29. The zero-order chi connectivity index (χ0) is 29.0. The second kappa shape index (κ2) is 11.9. The molecule has 0 saturated heterocycles. The van der Waals surface area contributed by atoms with Crippen molar-refractivity contribution < 1.29 is 24.2 Å². The summed E-state index contributed by atoms with van der Waals surface area (Å²) in [5, 5.41) is 15.0. The molecule has 0 saturated carbocycles. The molecule has 0 fully saturated rings. The first-order valence-corrected chi connectivity index (χ1v) is 13.5. The van der Waals surface area contributed by atoms with Crippen molar-refractivity contribution in [3.63, 3.8) is 0 Å². The zero-order valence-electron chi connectivity index (χ0n) is 22.9. The lowest BCUT2D eigenvalue weighted by Crippen LogP contribution is -2.50. The first-order chi connectivity index (χ1) is 18.9. The molecule has 208 valence electrons. The topological polar surface area (TPSA) is 143 Å². The van der Waals surface area contributed by atoms with Crippen molar-refractivity contribution in [1.29, 1.82) is 0 Å². The third-order valence-corrected chi connectivity index (χ3v) is 6.88. The maximum Gasteiger partial charge on any atom is 0.328 e. The summed E-state index contributed by atoms with van der Waals surface area (Å²) in [5.74, 6) is -2.18. The van der Waals surface area contributed by atoms with E-state index in [4.69, 9.17) is 4.74 Å². The van der Waals surface area contributed by atoms with Gasteiger partial charge < -0.3 is 20.5 Å². The van der Waals surface area contributed by atoms with E-state index >= 15 is 0 Å². The van der Waals surface area contributed by atoms with Crippen LogP contribution in [0.5, 0.6) is 0 Å². The summed E-state index contributed by atoms with van der Waals surface area (Å²) in [6, 6.07) is 12.6. The van der Waals surface area contributed by atoms with E-state index in [0.29, 0.717) is 29.1 Å². The van der Waals surface area contributed by atoms with Gasteiger partial charge in [-0.2, -0.15) is 4.37 Å². The highest BCUT2D eigenvalue weighted by Gasteiger charge is 2.31. The molecule has 0 aliphatic heterocycles. The third-order valence-electron chi connectivity index (χ3n) is 5.94. The van der Waals surface area contributed by atoms with E-state index in [1.54, 1.807) is 38.2 Å². The van der Waals surface area contributed by atoms with Gasteiger partial charge in [-0.15, -0.1) is 0 Å². The summed E-state index contributed by atoms with van der Waals surface area (Å²) >= 11 is 1.23. The van der Waals surface area contributed by atoms with Gasteiger partial charge in [-0.3, -0.25) is 14.6 Å². The molecule has 2 amide bonds. The van der Waals surface area contributed by atoms with Gasteiger partial charge in [0.15, 0.2) is 6.04 Å². The minimum atomic E-state index is -1.26. The Morgan fingerprint density at radius 2 is 1.77 bits per heavy atom. The van der Waals surface area contributed by atoms with Crippen LogP contribution in [0.1, 0.15) is 64.7 Å². The van der Waals surface area contributed by atoms with Gasteiger partial charge in [0.25, 0.3) is 11.8 Å². The number of para-hydroxylation sites is 2. The largest absolute Gasteiger partial charge is 0.480 e. The van der Waals surface area contributed by atoms with Crippen molar-refractivity contribution in [2.75, 3.05) is 5.32 Å². The summed E-state index contributed by atoms with van der Waals surface area (Å²) < 4.78 is 10.1. The number of carbonyl (C=O) groups is 3. The number of nitrogens with zero attached hydrogens (tertiary/aromatic N) is 3. The van der Waals surface area contributed by atoms with E-state index in [2.05, 4.69) is 25.0 Å². The number of carboxylic acid groups (broad SMARTS) is 1. The number of nitrogens with one attached hydrogen (secondary N) is 2. The van der Waals surface area contributed by atoms with Crippen LogP contribution in [0.3, 0.4) is 0 Å². The lowest BCUT2D eigenvalue weighted by atomic mass is 10.1. The van der Waals surface area contributed by atoms with E-state index in [-0.39, 0.29) is 11.5 Å². The predicted molar refractivity (Wildman–Crippen MR) is 153 cm³/mol. The van der Waals surface area contributed by atoms with Crippen LogP contribution in [-0.4, -0.2) is 55.0 Å². The lowest BCUT2D eigenvalue weighted by molar-refractivity contribution is -0.146. The van der Waals surface area contributed by atoms with E-state index in [0.717, 1.165) is 15.9 Å². The van der Waals surface area contributed by atoms with Crippen LogP contribution in [0.4, 0.5) is 5.69 Å². The molecule has 0 aliphatic carbocycles. The highest BCUT2D eigenvalue weighted by atomic mass is 32.1. The number of carbonyl (C=O) groups excluding carboxylic acids is 2. The number of carboxylic acids is 1. The minimum Gasteiger partial charge on any atom is -0.480 e. The monoisotopic (exact) mass is 561 g/mol. The van der Waals surface area contributed by atoms with Crippen molar-refractivity contribution in [3.05, 3.63) is 82.1 Å². The minimum absolute atomic E-state index is 0.193. The number of anilines is 1. The first kappa shape index (κ1) is 28.8. The number of rotatable bonds is 9. The molecular formula is C29H31N5O5S. The van der Waals surface area contributed by atoms with Gasteiger partial charge in [0, 0.05) is 28.7 Å². The quantitative estimate of drug-likeness (QED) is 0.269. The summed E-state index contributed by atoms with van der Waals surface area (Å²) in [7, 11) is 0. The van der Waals surface area contributed by atoms with E-state index in [9.17, 15) is 19.5 Å². The molecule has 2 atom stereocenters. The van der Waals surface area contributed by atoms with Gasteiger partial charge in [0.1, 0.15) is 0 Å². The molecule has 2 aromatic heterocycles. The number of benzene rings is 2. The molecule has 2 heterocycles. The Kier molecular flexibility index (Phi) is 8.55. The van der Waals surface area contributed by atoms with Gasteiger partial charge in [0.05, 0.1) is 39.7 Å². The molecule has 4 aromatic rings. The Labute approximate surface area is 236 Å². The molecule has 2 aromatic carbocycles. The molecule has 0 spiro atoms. The van der Waals surface area contributed by atoms with Gasteiger partial charge in [-0.25, -0.2) is 9.78 Å². The number of aromatic nitrogens is 3. The maximum atomic E-state index is 13.3. The van der Waals surface area contributed by atoms with Gasteiger partial charge >= 0.3 is 5.97 Å². The van der Waals surface area contributed by atoms with Crippen LogP contribution in [0, 0.1) is 6.92 Å². The second-order valence-corrected chi connectivity index (χ2v) is 11.2. The molecular weight excluding hydrogens is 530 g/mol. The van der Waals surface area contributed by atoms with Gasteiger partial charge in [-0.05, 0) is 76.5 Å². The van der Waals surface area contributed by atoms with Crippen molar-refractivity contribution in [2.45, 2.75) is 58.8 Å². The highest BCUT2D eigenvalue weighted by Crippen LogP contribution is 2.24. The molecule has 0 radical (unpaired) electrons. The van der Waals surface area contributed by atoms with Crippen molar-refractivity contribution >= 4 is 46.0 Å². The summed E-state index contributed by atoms with van der Waals surface area (Å²) in [5.41, 5.74) is 3.28. The molecule has 4 rings (SSSR count). The Morgan fingerprint density at radius 3 is 2.48 bits per heavy atom. The maximum absolute atomic E-state index is 13.3. The third kappa shape index (κ3) is 7.04. The number of hydrogen-bond acceptors (Lipinski definition) is 8. The van der Waals surface area contributed by atoms with Crippen LogP contribution >= 0.6 is 11.5 Å². The fourth-order valence-electron chi connectivity index (χ4n) is 4.24. The van der Waals surface area contributed by atoms with Gasteiger partial charge in [0.2, 0.25) is 0 Å². The Bertz CT molecular complexity index is 1560. The fraction of sp³-hybridized carbons (Fsp3) is 0.310. The highest BCUT2D eigenvalue weighted by molar-refractivity contribution is 7.06. The number of hydrogen-bond donors (Lipinski definition) is 3. The molecule has 0 aliphatic rings. The fourth-order valence-corrected chi connectivity index (χ4v) is 5.12. The van der Waals surface area contributed by atoms with E-state index in [1.165, 1.54) is 17.6 Å². The number of amides is 2. The molecule has 10 nitrogen and oxygen atoms in total. The smallest absolute Gasteiger partial charge is 0.328 e. The van der Waals surface area contributed by atoms with E-state index in [1.807, 2.05) is 45.0 Å². The van der Waals surface area contributed by atoms with Crippen LogP contribution in [0.15, 0.2) is 54.7 Å². The SMILES string of the molecule is Cc1nsc(Cc2cnc3ccccc3n2)c1C(=O)Nc1cccc(C(=O)NC(C(=O)O)C(C)OC(C)(C)C)c1. The summed E-state index contributed by atoms with van der Waals surface area (Å²) in [6.45, 7) is 8.78. The molecule has 0 bridgehead atoms.